The summed E-state index contributed by atoms with van der Waals surface area (Å²) in [6.45, 7) is 6.79. The number of ether oxygens (including phenoxy) is 1. The summed E-state index contributed by atoms with van der Waals surface area (Å²) in [5, 5.41) is 0. The van der Waals surface area contributed by atoms with Gasteiger partial charge in [0.2, 0.25) is 0 Å². The molecule has 0 bridgehead atoms. The van der Waals surface area contributed by atoms with Crippen LogP contribution >= 0.6 is 15.9 Å². The summed E-state index contributed by atoms with van der Waals surface area (Å²) in [6.07, 6.45) is 3.59. The zero-order valence-corrected chi connectivity index (χ0v) is 12.4. The fourth-order valence-electron chi connectivity index (χ4n) is 2.08. The molecular formula is C15H16BrNO. The zero-order valence-electron chi connectivity index (χ0n) is 10.8. The molecule has 0 aliphatic carbocycles. The smallest absolute Gasteiger partial charge is 0.125 e. The van der Waals surface area contributed by atoms with Crippen molar-refractivity contribution in [3.8, 4) is 5.75 Å². The summed E-state index contributed by atoms with van der Waals surface area (Å²) < 4.78 is 6.88. The van der Waals surface area contributed by atoms with Crippen LogP contribution in [0.2, 0.25) is 0 Å². The Bertz CT molecular complexity index is 543. The lowest BCUT2D eigenvalue weighted by Crippen LogP contribution is -2.00. The van der Waals surface area contributed by atoms with Crippen LogP contribution in [0.5, 0.6) is 5.75 Å². The van der Waals surface area contributed by atoms with Crippen molar-refractivity contribution in [2.75, 3.05) is 0 Å². The number of pyridine rings is 1. The monoisotopic (exact) mass is 305 g/mol. The SMILES string of the molecule is Cc1cc(C)c(OCc2cncc(Br)c2)c(C)c1. The Morgan fingerprint density at radius 2 is 1.72 bits per heavy atom. The van der Waals surface area contributed by atoms with Gasteiger partial charge in [0.1, 0.15) is 12.4 Å². The number of halogens is 1. The molecule has 0 aliphatic rings. The van der Waals surface area contributed by atoms with Gasteiger partial charge in [0.05, 0.1) is 0 Å². The molecule has 0 amide bonds. The van der Waals surface area contributed by atoms with Crippen LogP contribution in [0.25, 0.3) is 0 Å². The molecule has 0 saturated heterocycles. The number of hydrogen-bond donors (Lipinski definition) is 0. The molecule has 18 heavy (non-hydrogen) atoms. The molecule has 2 aromatic rings. The third-order valence-electron chi connectivity index (χ3n) is 2.75. The van der Waals surface area contributed by atoms with Gasteiger partial charge in [-0.3, -0.25) is 4.98 Å². The second-order valence-corrected chi connectivity index (χ2v) is 5.44. The van der Waals surface area contributed by atoms with E-state index in [0.717, 1.165) is 15.8 Å². The van der Waals surface area contributed by atoms with Gasteiger partial charge in [-0.15, -0.1) is 0 Å². The predicted octanol–water partition coefficient (Wildman–Crippen LogP) is 4.35. The molecule has 0 unspecified atom stereocenters. The van der Waals surface area contributed by atoms with E-state index in [4.69, 9.17) is 4.74 Å². The van der Waals surface area contributed by atoms with Crippen LogP contribution in [0, 0.1) is 20.8 Å². The molecule has 0 aliphatic heterocycles. The van der Waals surface area contributed by atoms with Crippen LogP contribution in [0.4, 0.5) is 0 Å². The van der Waals surface area contributed by atoms with E-state index >= 15 is 0 Å². The Morgan fingerprint density at radius 3 is 2.33 bits per heavy atom. The van der Waals surface area contributed by atoms with Gasteiger partial charge >= 0.3 is 0 Å². The maximum Gasteiger partial charge on any atom is 0.125 e. The van der Waals surface area contributed by atoms with Gasteiger partial charge in [-0.25, -0.2) is 0 Å². The van der Waals surface area contributed by atoms with E-state index in [1.54, 1.807) is 6.20 Å². The summed E-state index contributed by atoms with van der Waals surface area (Å²) in [5.74, 6) is 0.973. The number of hydrogen-bond acceptors (Lipinski definition) is 2. The molecule has 1 heterocycles. The van der Waals surface area contributed by atoms with Crippen molar-refractivity contribution in [1.29, 1.82) is 0 Å². The highest BCUT2D eigenvalue weighted by atomic mass is 79.9. The highest BCUT2D eigenvalue weighted by Gasteiger charge is 2.05. The van der Waals surface area contributed by atoms with E-state index in [0.29, 0.717) is 6.61 Å². The predicted molar refractivity (Wildman–Crippen MR) is 76.9 cm³/mol. The van der Waals surface area contributed by atoms with E-state index in [9.17, 15) is 0 Å². The summed E-state index contributed by atoms with van der Waals surface area (Å²) in [4.78, 5) is 4.13. The van der Waals surface area contributed by atoms with Crippen molar-refractivity contribution < 1.29 is 4.74 Å². The quantitative estimate of drug-likeness (QED) is 0.841. The van der Waals surface area contributed by atoms with Gasteiger partial charge in [0.25, 0.3) is 0 Å². The Hall–Kier alpha value is -1.35. The molecule has 0 fully saturated rings. The molecule has 0 atom stereocenters. The fraction of sp³-hybridized carbons (Fsp3) is 0.267. The Morgan fingerprint density at radius 1 is 1.06 bits per heavy atom. The topological polar surface area (TPSA) is 22.1 Å². The van der Waals surface area contributed by atoms with Crippen LogP contribution in [-0.2, 0) is 6.61 Å². The van der Waals surface area contributed by atoms with Crippen molar-refractivity contribution >= 4 is 15.9 Å². The average Bonchev–Trinajstić information content (AvgIpc) is 2.27. The standard InChI is InChI=1S/C15H16BrNO/c1-10-4-11(2)15(12(3)5-10)18-9-13-6-14(16)8-17-7-13/h4-8H,9H2,1-3H3. The van der Waals surface area contributed by atoms with E-state index in [1.807, 2.05) is 12.3 Å². The number of rotatable bonds is 3. The molecule has 1 aromatic carbocycles. The minimum Gasteiger partial charge on any atom is -0.488 e. The van der Waals surface area contributed by atoms with Crippen LogP contribution in [0.3, 0.4) is 0 Å². The molecular weight excluding hydrogens is 290 g/mol. The van der Waals surface area contributed by atoms with Gasteiger partial charge in [0, 0.05) is 22.4 Å². The molecule has 0 radical (unpaired) electrons. The number of benzene rings is 1. The Kier molecular flexibility index (Phi) is 4.02. The molecule has 0 spiro atoms. The lowest BCUT2D eigenvalue weighted by atomic mass is 10.1. The number of aromatic nitrogens is 1. The second-order valence-electron chi connectivity index (χ2n) is 4.53. The fourth-order valence-corrected chi connectivity index (χ4v) is 2.50. The summed E-state index contributed by atoms with van der Waals surface area (Å²) in [6, 6.07) is 6.30. The first-order valence-corrected chi connectivity index (χ1v) is 6.65. The Labute approximate surface area is 116 Å². The van der Waals surface area contributed by atoms with Gasteiger partial charge in [-0.2, -0.15) is 0 Å². The van der Waals surface area contributed by atoms with Crippen LogP contribution < -0.4 is 4.74 Å². The summed E-state index contributed by atoms with van der Waals surface area (Å²) in [5.41, 5.74) is 4.68. The molecule has 1 aromatic heterocycles. The number of nitrogens with zero attached hydrogens (tertiary/aromatic N) is 1. The van der Waals surface area contributed by atoms with Gasteiger partial charge in [-0.05, 0) is 53.9 Å². The molecule has 0 saturated carbocycles. The minimum absolute atomic E-state index is 0.539. The van der Waals surface area contributed by atoms with Crippen LogP contribution in [0.15, 0.2) is 35.1 Å². The lowest BCUT2D eigenvalue weighted by molar-refractivity contribution is 0.301. The van der Waals surface area contributed by atoms with Crippen LogP contribution in [0.1, 0.15) is 22.3 Å². The van der Waals surface area contributed by atoms with Crippen molar-refractivity contribution in [2.45, 2.75) is 27.4 Å². The zero-order chi connectivity index (χ0) is 13.1. The summed E-state index contributed by atoms with van der Waals surface area (Å²) in [7, 11) is 0. The largest absolute Gasteiger partial charge is 0.488 e. The van der Waals surface area contributed by atoms with Crippen LogP contribution in [-0.4, -0.2) is 4.98 Å². The maximum atomic E-state index is 5.90. The third kappa shape index (κ3) is 3.10. The van der Waals surface area contributed by atoms with E-state index in [1.165, 1.54) is 16.7 Å². The first kappa shape index (κ1) is 13.1. The highest BCUT2D eigenvalue weighted by molar-refractivity contribution is 9.10. The first-order chi connectivity index (χ1) is 8.56. The van der Waals surface area contributed by atoms with E-state index in [-0.39, 0.29) is 0 Å². The molecule has 2 nitrogen and oxygen atoms in total. The summed E-state index contributed by atoms with van der Waals surface area (Å²) >= 11 is 3.41. The third-order valence-corrected chi connectivity index (χ3v) is 3.18. The normalized spacial score (nSPS) is 10.4. The van der Waals surface area contributed by atoms with E-state index in [2.05, 4.69) is 53.8 Å². The lowest BCUT2D eigenvalue weighted by Gasteiger charge is -2.13. The molecule has 3 heteroatoms. The first-order valence-electron chi connectivity index (χ1n) is 5.86. The van der Waals surface area contributed by atoms with Crippen molar-refractivity contribution in [3.05, 3.63) is 57.3 Å². The van der Waals surface area contributed by atoms with Gasteiger partial charge in [0.15, 0.2) is 0 Å². The van der Waals surface area contributed by atoms with Gasteiger partial charge < -0.3 is 4.74 Å². The average molecular weight is 306 g/mol. The highest BCUT2D eigenvalue weighted by Crippen LogP contribution is 2.25. The molecule has 94 valence electrons. The van der Waals surface area contributed by atoms with Crippen molar-refractivity contribution in [2.24, 2.45) is 0 Å². The Balaban J connectivity index is 2.16. The van der Waals surface area contributed by atoms with E-state index < -0.39 is 0 Å². The second kappa shape index (κ2) is 5.53. The molecule has 2 rings (SSSR count). The van der Waals surface area contributed by atoms with Gasteiger partial charge in [-0.1, -0.05) is 17.7 Å². The molecule has 0 N–H and O–H groups in total. The van der Waals surface area contributed by atoms with Crippen molar-refractivity contribution in [3.63, 3.8) is 0 Å². The maximum absolute atomic E-state index is 5.90. The minimum atomic E-state index is 0.539. The number of aryl methyl sites for hydroxylation is 3. The van der Waals surface area contributed by atoms with Crippen molar-refractivity contribution in [1.82, 2.24) is 4.98 Å².